The fraction of sp³-hybridized carbons (Fsp3) is 0.692. The minimum absolute atomic E-state index is 0.0160. The third-order valence-electron chi connectivity index (χ3n) is 8.53. The molecule has 1 unspecified atom stereocenters. The van der Waals surface area contributed by atoms with Crippen molar-refractivity contribution in [1.82, 2.24) is 15.2 Å². The summed E-state index contributed by atoms with van der Waals surface area (Å²) >= 11 is 0. The summed E-state index contributed by atoms with van der Waals surface area (Å²) in [4.78, 5) is 44.3. The highest BCUT2D eigenvalue weighted by atomic mass is 16.2. The van der Waals surface area contributed by atoms with Crippen molar-refractivity contribution in [1.29, 1.82) is 0 Å². The Bertz CT molecular complexity index is 895. The van der Waals surface area contributed by atoms with Crippen LogP contribution in [0.3, 0.4) is 0 Å². The van der Waals surface area contributed by atoms with E-state index in [2.05, 4.69) is 15.6 Å². The molecule has 0 aromatic carbocycles. The zero-order valence-electron chi connectivity index (χ0n) is 19.6. The van der Waals surface area contributed by atoms with Gasteiger partial charge >= 0.3 is 0 Å². The molecule has 5 aliphatic rings. The van der Waals surface area contributed by atoms with E-state index in [0.29, 0.717) is 25.3 Å². The maximum absolute atomic E-state index is 12.8. The molecule has 1 atom stereocenters. The molecule has 7 heteroatoms. The van der Waals surface area contributed by atoms with Crippen molar-refractivity contribution in [3.05, 3.63) is 23.9 Å². The van der Waals surface area contributed by atoms with Crippen LogP contribution in [0.5, 0.6) is 0 Å². The van der Waals surface area contributed by atoms with E-state index in [1.807, 2.05) is 19.1 Å². The van der Waals surface area contributed by atoms with Crippen LogP contribution in [0.25, 0.3) is 0 Å². The Morgan fingerprint density at radius 2 is 1.82 bits per heavy atom. The minimum Gasteiger partial charge on any atom is -0.347 e. The predicted octanol–water partition coefficient (Wildman–Crippen LogP) is 3.29. The summed E-state index contributed by atoms with van der Waals surface area (Å²) in [5.74, 6) is 2.59. The number of piperidine rings is 1. The number of nitrogens with one attached hydrogen (secondary N) is 2. The molecular weight excluding hydrogens is 416 g/mol. The van der Waals surface area contributed by atoms with Gasteiger partial charge in [0.2, 0.25) is 17.7 Å². The number of aryl methyl sites for hydroxylation is 1. The summed E-state index contributed by atoms with van der Waals surface area (Å²) in [7, 11) is 0. The standard InChI is InChI=1S/C26H36N4O3/c1-17-4-2-6-27-24(17)29-25(33)21-5-3-7-30(16-21)23(32)15-28-22(31)14-26-11-18-8-19(12-26)10-20(9-18)13-26/h2,4,6,18-21H,3,5,7-16H2,1H3,(H,28,31)(H,27,29,33). The third kappa shape index (κ3) is 4.92. The number of carbonyl (C=O) groups is 3. The molecule has 1 saturated heterocycles. The van der Waals surface area contributed by atoms with Crippen LogP contribution in [0.1, 0.15) is 63.4 Å². The monoisotopic (exact) mass is 452 g/mol. The van der Waals surface area contributed by atoms with E-state index >= 15 is 0 Å². The highest BCUT2D eigenvalue weighted by molar-refractivity contribution is 5.93. The summed E-state index contributed by atoms with van der Waals surface area (Å²) in [6.45, 7) is 2.96. The quantitative estimate of drug-likeness (QED) is 0.693. The van der Waals surface area contributed by atoms with E-state index in [4.69, 9.17) is 0 Å². The Morgan fingerprint density at radius 1 is 1.12 bits per heavy atom. The van der Waals surface area contributed by atoms with Crippen molar-refractivity contribution in [2.24, 2.45) is 29.1 Å². The number of aromatic nitrogens is 1. The van der Waals surface area contributed by atoms with Gasteiger partial charge in [0, 0.05) is 25.7 Å². The SMILES string of the molecule is Cc1cccnc1NC(=O)C1CCCN(C(=O)CNC(=O)CC23CC4CC(CC(C4)C2)C3)C1. The van der Waals surface area contributed by atoms with E-state index in [-0.39, 0.29) is 35.6 Å². The lowest BCUT2D eigenvalue weighted by Crippen LogP contribution is -2.50. The summed E-state index contributed by atoms with van der Waals surface area (Å²) in [5, 5.41) is 5.81. The summed E-state index contributed by atoms with van der Waals surface area (Å²) < 4.78 is 0. The lowest BCUT2D eigenvalue weighted by molar-refractivity contribution is -0.137. The largest absolute Gasteiger partial charge is 0.347 e. The molecule has 3 amide bonds. The Balaban J connectivity index is 1.10. The molecular formula is C26H36N4O3. The maximum Gasteiger partial charge on any atom is 0.241 e. The Morgan fingerprint density at radius 3 is 2.48 bits per heavy atom. The molecule has 4 saturated carbocycles. The van der Waals surface area contributed by atoms with Crippen molar-refractivity contribution < 1.29 is 14.4 Å². The molecule has 2 N–H and O–H groups in total. The Labute approximate surface area is 196 Å². The lowest BCUT2D eigenvalue weighted by Gasteiger charge is -2.56. The van der Waals surface area contributed by atoms with Crippen molar-refractivity contribution in [2.75, 3.05) is 25.0 Å². The average molecular weight is 453 g/mol. The van der Waals surface area contributed by atoms with E-state index in [1.54, 1.807) is 11.1 Å². The molecule has 0 radical (unpaired) electrons. The van der Waals surface area contributed by atoms with Gasteiger partial charge in [-0.05, 0) is 93.1 Å². The predicted molar refractivity (Wildman–Crippen MR) is 125 cm³/mol. The normalized spacial score (nSPS) is 32.5. The molecule has 1 aliphatic heterocycles. The van der Waals surface area contributed by atoms with Gasteiger partial charge in [0.1, 0.15) is 5.82 Å². The number of amides is 3. The first-order valence-corrected chi connectivity index (χ1v) is 12.7. The second-order valence-electron chi connectivity index (χ2n) is 11.2. The number of pyridine rings is 1. The van der Waals surface area contributed by atoms with Gasteiger partial charge in [-0.15, -0.1) is 0 Å². The smallest absolute Gasteiger partial charge is 0.241 e. The average Bonchev–Trinajstić information content (AvgIpc) is 2.78. The van der Waals surface area contributed by atoms with Gasteiger partial charge < -0.3 is 15.5 Å². The Kier molecular flexibility index (Phi) is 6.14. The van der Waals surface area contributed by atoms with Gasteiger partial charge in [-0.25, -0.2) is 4.98 Å². The van der Waals surface area contributed by atoms with Gasteiger partial charge in [-0.1, -0.05) is 6.07 Å². The Hall–Kier alpha value is -2.44. The highest BCUT2D eigenvalue weighted by Gasteiger charge is 2.51. The molecule has 178 valence electrons. The third-order valence-corrected chi connectivity index (χ3v) is 8.53. The molecule has 33 heavy (non-hydrogen) atoms. The zero-order valence-corrected chi connectivity index (χ0v) is 19.6. The van der Waals surface area contributed by atoms with Crippen molar-refractivity contribution in [3.8, 4) is 0 Å². The van der Waals surface area contributed by atoms with Crippen molar-refractivity contribution in [3.63, 3.8) is 0 Å². The topological polar surface area (TPSA) is 91.4 Å². The zero-order chi connectivity index (χ0) is 23.0. The number of carbonyl (C=O) groups excluding carboxylic acids is 3. The second-order valence-corrected chi connectivity index (χ2v) is 11.2. The summed E-state index contributed by atoms with van der Waals surface area (Å²) in [6, 6.07) is 3.74. The maximum atomic E-state index is 12.8. The van der Waals surface area contributed by atoms with Crippen molar-refractivity contribution >= 4 is 23.5 Å². The molecule has 1 aromatic rings. The summed E-state index contributed by atoms with van der Waals surface area (Å²) in [6.07, 6.45) is 11.4. The van der Waals surface area contributed by atoms with Crippen LogP contribution in [0.4, 0.5) is 5.82 Å². The molecule has 1 aromatic heterocycles. The van der Waals surface area contributed by atoms with Crippen LogP contribution >= 0.6 is 0 Å². The van der Waals surface area contributed by atoms with Crippen LogP contribution in [-0.2, 0) is 14.4 Å². The van der Waals surface area contributed by atoms with Gasteiger partial charge in [-0.2, -0.15) is 0 Å². The van der Waals surface area contributed by atoms with Crippen LogP contribution in [0.2, 0.25) is 0 Å². The molecule has 5 fully saturated rings. The fourth-order valence-corrected chi connectivity index (χ4v) is 7.45. The number of hydrogen-bond donors (Lipinski definition) is 2. The first-order chi connectivity index (χ1) is 15.9. The number of rotatable bonds is 6. The summed E-state index contributed by atoms with van der Waals surface area (Å²) in [5.41, 5.74) is 1.09. The number of nitrogens with zero attached hydrogens (tertiary/aromatic N) is 2. The molecule has 7 nitrogen and oxygen atoms in total. The molecule has 4 bridgehead atoms. The van der Waals surface area contributed by atoms with E-state index in [0.717, 1.165) is 36.2 Å². The second kappa shape index (κ2) is 9.07. The lowest BCUT2D eigenvalue weighted by atomic mass is 9.49. The molecule has 6 rings (SSSR count). The van der Waals surface area contributed by atoms with Gasteiger partial charge in [0.15, 0.2) is 0 Å². The number of hydrogen-bond acceptors (Lipinski definition) is 4. The molecule has 4 aliphatic carbocycles. The van der Waals surface area contributed by atoms with E-state index in [9.17, 15) is 14.4 Å². The van der Waals surface area contributed by atoms with Gasteiger partial charge in [0.05, 0.1) is 12.5 Å². The van der Waals surface area contributed by atoms with Crippen LogP contribution in [-0.4, -0.2) is 47.2 Å². The number of likely N-dealkylation sites (tertiary alicyclic amines) is 1. The van der Waals surface area contributed by atoms with Crippen molar-refractivity contribution in [2.45, 2.75) is 64.7 Å². The fourth-order valence-electron chi connectivity index (χ4n) is 7.45. The van der Waals surface area contributed by atoms with E-state index < -0.39 is 0 Å². The van der Waals surface area contributed by atoms with Gasteiger partial charge in [0.25, 0.3) is 0 Å². The van der Waals surface area contributed by atoms with Crippen LogP contribution < -0.4 is 10.6 Å². The highest BCUT2D eigenvalue weighted by Crippen LogP contribution is 2.61. The molecule has 2 heterocycles. The minimum atomic E-state index is -0.258. The van der Waals surface area contributed by atoms with E-state index in [1.165, 1.54) is 38.5 Å². The number of anilines is 1. The van der Waals surface area contributed by atoms with Crippen LogP contribution in [0.15, 0.2) is 18.3 Å². The van der Waals surface area contributed by atoms with Crippen LogP contribution in [0, 0.1) is 36.0 Å². The first kappa shape index (κ1) is 22.4. The van der Waals surface area contributed by atoms with Gasteiger partial charge in [-0.3, -0.25) is 14.4 Å². The first-order valence-electron chi connectivity index (χ1n) is 12.7. The molecule has 0 spiro atoms.